The third-order valence-electron chi connectivity index (χ3n) is 4.06. The Morgan fingerprint density at radius 3 is 2.55 bits per heavy atom. The maximum atomic E-state index is 13.1. The number of pyridine rings is 1. The van der Waals surface area contributed by atoms with Crippen molar-refractivity contribution in [3.63, 3.8) is 0 Å². The lowest BCUT2D eigenvalue weighted by atomic mass is 10.0. The average Bonchev–Trinajstić information content (AvgIpc) is 2.68. The molecule has 3 N–H and O–H groups in total. The zero-order valence-corrected chi connectivity index (χ0v) is 15.8. The van der Waals surface area contributed by atoms with Gasteiger partial charge in [0.05, 0.1) is 10.6 Å². The molecule has 2 aromatic carbocycles. The number of ether oxygens (including phenoxy) is 1. The largest absolute Gasteiger partial charge is 0.455 e. The number of halogens is 4. The molecule has 0 aliphatic heterocycles. The Balaban J connectivity index is 1.95. The van der Waals surface area contributed by atoms with Crippen LogP contribution in [0.1, 0.15) is 16.1 Å². The first-order chi connectivity index (χ1) is 13.7. The Morgan fingerprint density at radius 1 is 1.14 bits per heavy atom. The van der Waals surface area contributed by atoms with Crippen molar-refractivity contribution >= 4 is 23.2 Å². The fourth-order valence-corrected chi connectivity index (χ4v) is 2.86. The summed E-state index contributed by atoms with van der Waals surface area (Å²) in [7, 11) is 1.45. The number of anilines is 1. The normalized spacial score (nSPS) is 11.2. The van der Waals surface area contributed by atoms with E-state index in [1.807, 2.05) is 0 Å². The second-order valence-electron chi connectivity index (χ2n) is 5.97. The van der Waals surface area contributed by atoms with Gasteiger partial charge in [-0.05, 0) is 35.4 Å². The molecular formula is C20H15ClF3N3O2. The van der Waals surface area contributed by atoms with Gasteiger partial charge in [-0.3, -0.25) is 4.79 Å². The van der Waals surface area contributed by atoms with E-state index in [4.69, 9.17) is 22.1 Å². The van der Waals surface area contributed by atoms with Crippen LogP contribution in [0.3, 0.4) is 0 Å². The van der Waals surface area contributed by atoms with Crippen LogP contribution in [0.2, 0.25) is 5.02 Å². The maximum Gasteiger partial charge on any atom is 0.417 e. The van der Waals surface area contributed by atoms with E-state index in [1.54, 1.807) is 24.3 Å². The van der Waals surface area contributed by atoms with E-state index >= 15 is 0 Å². The van der Waals surface area contributed by atoms with Crippen molar-refractivity contribution in [2.45, 2.75) is 6.18 Å². The van der Waals surface area contributed by atoms with Crippen LogP contribution in [0.25, 0.3) is 11.1 Å². The highest BCUT2D eigenvalue weighted by Crippen LogP contribution is 2.38. The second kappa shape index (κ2) is 8.00. The molecule has 3 rings (SSSR count). The van der Waals surface area contributed by atoms with Crippen LogP contribution in [-0.4, -0.2) is 17.9 Å². The standard InChI is InChI=1S/C20H15ClF3N3O2/c1-26-19(28)18-17(25)16(7-8-27-18)29-13-4-2-3-11(9-13)12-5-6-15(21)14(10-12)20(22,23)24/h2-10H,25H2,1H3,(H,26,28). The quantitative estimate of drug-likeness (QED) is 0.610. The number of nitrogens with one attached hydrogen (secondary N) is 1. The summed E-state index contributed by atoms with van der Waals surface area (Å²) in [4.78, 5) is 15.7. The molecule has 0 radical (unpaired) electrons. The van der Waals surface area contributed by atoms with Gasteiger partial charge in [0.15, 0.2) is 11.4 Å². The highest BCUT2D eigenvalue weighted by Gasteiger charge is 2.33. The number of nitrogens with two attached hydrogens (primary N) is 1. The monoisotopic (exact) mass is 421 g/mol. The summed E-state index contributed by atoms with van der Waals surface area (Å²) in [6.07, 6.45) is -3.20. The first-order valence-corrected chi connectivity index (χ1v) is 8.70. The highest BCUT2D eigenvalue weighted by atomic mass is 35.5. The molecule has 0 fully saturated rings. The zero-order valence-electron chi connectivity index (χ0n) is 15.0. The van der Waals surface area contributed by atoms with E-state index in [0.717, 1.165) is 6.07 Å². The fourth-order valence-electron chi connectivity index (χ4n) is 2.63. The predicted molar refractivity (Wildman–Crippen MR) is 104 cm³/mol. The van der Waals surface area contributed by atoms with Gasteiger partial charge in [-0.15, -0.1) is 0 Å². The number of hydrogen-bond acceptors (Lipinski definition) is 4. The first kappa shape index (κ1) is 20.5. The summed E-state index contributed by atoms with van der Waals surface area (Å²) in [5.41, 5.74) is 5.90. The molecule has 1 amide bonds. The van der Waals surface area contributed by atoms with Crippen LogP contribution in [0.4, 0.5) is 18.9 Å². The Morgan fingerprint density at radius 2 is 1.86 bits per heavy atom. The molecule has 0 spiro atoms. The smallest absolute Gasteiger partial charge is 0.417 e. The van der Waals surface area contributed by atoms with Gasteiger partial charge in [-0.1, -0.05) is 29.8 Å². The number of alkyl halides is 3. The molecule has 0 atom stereocenters. The molecule has 29 heavy (non-hydrogen) atoms. The van der Waals surface area contributed by atoms with Crippen molar-refractivity contribution in [1.82, 2.24) is 10.3 Å². The minimum atomic E-state index is -4.57. The molecule has 9 heteroatoms. The lowest BCUT2D eigenvalue weighted by Crippen LogP contribution is -2.21. The molecule has 0 aliphatic rings. The SMILES string of the molecule is CNC(=O)c1nccc(Oc2cccc(-c3ccc(Cl)c(C(F)(F)F)c3)c2)c1N. The average molecular weight is 422 g/mol. The van der Waals surface area contributed by atoms with Gasteiger partial charge < -0.3 is 15.8 Å². The fraction of sp³-hybridized carbons (Fsp3) is 0.100. The van der Waals surface area contributed by atoms with E-state index in [2.05, 4.69) is 10.3 Å². The van der Waals surface area contributed by atoms with E-state index in [1.165, 1.54) is 31.4 Å². The van der Waals surface area contributed by atoms with Gasteiger partial charge >= 0.3 is 6.18 Å². The van der Waals surface area contributed by atoms with Gasteiger partial charge in [-0.2, -0.15) is 13.2 Å². The summed E-state index contributed by atoms with van der Waals surface area (Å²) in [5, 5.41) is 2.05. The van der Waals surface area contributed by atoms with E-state index in [0.29, 0.717) is 16.9 Å². The number of hydrogen-bond donors (Lipinski definition) is 2. The van der Waals surface area contributed by atoms with Crippen molar-refractivity contribution in [1.29, 1.82) is 0 Å². The number of carbonyl (C=O) groups excluding carboxylic acids is 1. The van der Waals surface area contributed by atoms with Crippen molar-refractivity contribution in [2.75, 3.05) is 12.8 Å². The van der Waals surface area contributed by atoms with Gasteiger partial charge in [0.2, 0.25) is 0 Å². The van der Waals surface area contributed by atoms with E-state index < -0.39 is 17.6 Å². The maximum absolute atomic E-state index is 13.1. The molecule has 0 saturated heterocycles. The zero-order chi connectivity index (χ0) is 21.2. The van der Waals surface area contributed by atoms with Gasteiger partial charge in [-0.25, -0.2) is 4.98 Å². The third kappa shape index (κ3) is 4.43. The minimum absolute atomic E-state index is 0.00803. The van der Waals surface area contributed by atoms with Crippen molar-refractivity contribution in [2.24, 2.45) is 0 Å². The number of carbonyl (C=O) groups is 1. The summed E-state index contributed by atoms with van der Waals surface area (Å²) >= 11 is 5.68. The molecule has 3 aromatic rings. The highest BCUT2D eigenvalue weighted by molar-refractivity contribution is 6.31. The summed E-state index contributed by atoms with van der Waals surface area (Å²) in [6, 6.07) is 11.6. The molecule has 0 saturated carbocycles. The van der Waals surface area contributed by atoms with E-state index in [-0.39, 0.29) is 22.2 Å². The summed E-state index contributed by atoms with van der Waals surface area (Å²) < 4.78 is 45.1. The lowest BCUT2D eigenvalue weighted by molar-refractivity contribution is -0.137. The van der Waals surface area contributed by atoms with Gasteiger partial charge in [0, 0.05) is 19.3 Å². The third-order valence-corrected chi connectivity index (χ3v) is 4.39. The molecule has 0 bridgehead atoms. The topological polar surface area (TPSA) is 77.2 Å². The Hall–Kier alpha value is -3.26. The Bertz CT molecular complexity index is 1070. The molecule has 1 heterocycles. The molecule has 150 valence electrons. The van der Waals surface area contributed by atoms with Crippen molar-refractivity contribution < 1.29 is 22.7 Å². The van der Waals surface area contributed by atoms with Crippen LogP contribution < -0.4 is 15.8 Å². The Kier molecular flexibility index (Phi) is 5.65. The van der Waals surface area contributed by atoms with Crippen molar-refractivity contribution in [3.8, 4) is 22.6 Å². The van der Waals surface area contributed by atoms with Gasteiger partial charge in [0.1, 0.15) is 11.4 Å². The molecule has 5 nitrogen and oxygen atoms in total. The molecule has 0 unspecified atom stereocenters. The summed E-state index contributed by atoms with van der Waals surface area (Å²) in [5.74, 6) is 0.0529. The van der Waals surface area contributed by atoms with Crippen LogP contribution >= 0.6 is 11.6 Å². The number of benzene rings is 2. The summed E-state index contributed by atoms with van der Waals surface area (Å²) in [6.45, 7) is 0. The number of aromatic nitrogens is 1. The predicted octanol–water partition coefficient (Wildman–Crippen LogP) is 5.15. The number of nitrogen functional groups attached to an aromatic ring is 1. The van der Waals surface area contributed by atoms with Crippen LogP contribution in [-0.2, 0) is 6.18 Å². The van der Waals surface area contributed by atoms with E-state index in [9.17, 15) is 18.0 Å². The van der Waals surface area contributed by atoms with Crippen molar-refractivity contribution in [3.05, 3.63) is 71.0 Å². The Labute approximate surface area is 169 Å². The first-order valence-electron chi connectivity index (χ1n) is 8.32. The van der Waals surface area contributed by atoms with Gasteiger partial charge in [0.25, 0.3) is 5.91 Å². The molecule has 1 aromatic heterocycles. The number of rotatable bonds is 4. The van der Waals surface area contributed by atoms with Crippen LogP contribution in [0, 0.1) is 0 Å². The van der Waals surface area contributed by atoms with Crippen LogP contribution in [0.15, 0.2) is 54.7 Å². The minimum Gasteiger partial charge on any atom is -0.455 e. The second-order valence-corrected chi connectivity index (χ2v) is 6.38. The lowest BCUT2D eigenvalue weighted by Gasteiger charge is -2.13. The molecular weight excluding hydrogens is 407 g/mol. The number of nitrogens with zero attached hydrogens (tertiary/aromatic N) is 1. The molecule has 0 aliphatic carbocycles. The number of amides is 1. The van der Waals surface area contributed by atoms with Crippen LogP contribution in [0.5, 0.6) is 11.5 Å².